The fourth-order valence-corrected chi connectivity index (χ4v) is 6.37. The van der Waals surface area contributed by atoms with Crippen molar-refractivity contribution in [1.82, 2.24) is 0 Å². The van der Waals surface area contributed by atoms with Crippen LogP contribution in [0.15, 0.2) is 12.1 Å². The summed E-state index contributed by atoms with van der Waals surface area (Å²) in [5.41, 5.74) is -5.14. The zero-order valence-corrected chi connectivity index (χ0v) is 16.2. The van der Waals surface area contributed by atoms with Crippen LogP contribution in [0.2, 0.25) is 0 Å². The molecule has 1 aromatic carbocycles. The molecule has 8 nitrogen and oxygen atoms in total. The molecule has 0 aliphatic heterocycles. The minimum absolute atomic E-state index is 0.318. The Balaban J connectivity index is 1.74. The van der Waals surface area contributed by atoms with Gasteiger partial charge in [-0.15, -0.1) is 0 Å². The summed E-state index contributed by atoms with van der Waals surface area (Å²) in [6, 6.07) is 0.161. The van der Waals surface area contributed by atoms with Gasteiger partial charge in [0, 0.05) is 18.2 Å². The van der Waals surface area contributed by atoms with Gasteiger partial charge in [-0.3, -0.25) is 20.2 Å². The average Bonchev–Trinajstić information content (AvgIpc) is 2.58. The quantitative estimate of drug-likeness (QED) is 0.519. The highest BCUT2D eigenvalue weighted by Crippen LogP contribution is 2.63. The molecular weight excluding hydrogens is 407 g/mol. The fourth-order valence-electron chi connectivity index (χ4n) is 6.37. The molecule has 164 valence electrons. The summed E-state index contributed by atoms with van der Waals surface area (Å²) >= 11 is 0. The van der Waals surface area contributed by atoms with E-state index in [0.29, 0.717) is 43.2 Å². The molecule has 4 saturated carbocycles. The van der Waals surface area contributed by atoms with E-state index in [1.807, 2.05) is 0 Å². The Hall–Kier alpha value is -2.43. The van der Waals surface area contributed by atoms with E-state index >= 15 is 0 Å². The lowest BCUT2D eigenvalue weighted by atomic mass is 9.46. The number of alkyl halides is 3. The molecule has 5 rings (SSSR count). The number of nitrogens with zero attached hydrogens (tertiary/aromatic N) is 2. The summed E-state index contributed by atoms with van der Waals surface area (Å²) in [5, 5.41) is 36.7. The first-order chi connectivity index (χ1) is 13.8. The molecule has 2 N–H and O–H groups in total. The number of nitro groups is 2. The Kier molecular flexibility index (Phi) is 4.53. The van der Waals surface area contributed by atoms with Crippen LogP contribution in [0.1, 0.15) is 51.0 Å². The molecule has 11 heteroatoms. The normalized spacial score (nSPS) is 33.4. The first-order valence-electron chi connectivity index (χ1n) is 9.85. The van der Waals surface area contributed by atoms with Gasteiger partial charge in [-0.05, 0) is 62.7 Å². The summed E-state index contributed by atoms with van der Waals surface area (Å²) in [4.78, 5) is 20.9. The second-order valence-electron chi connectivity index (χ2n) is 9.32. The van der Waals surface area contributed by atoms with Crippen molar-refractivity contribution in [3.8, 4) is 0 Å². The topological polar surface area (TPSA) is 119 Å². The molecule has 0 aromatic heterocycles. The molecule has 3 atom stereocenters. The van der Waals surface area contributed by atoms with Crippen LogP contribution in [0.25, 0.3) is 0 Å². The van der Waals surface area contributed by atoms with E-state index in [9.17, 15) is 38.5 Å². The van der Waals surface area contributed by atoms with Gasteiger partial charge in [0.05, 0.1) is 21.0 Å². The minimum Gasteiger partial charge on any atom is -0.390 e. The van der Waals surface area contributed by atoms with E-state index in [-0.39, 0.29) is 0 Å². The molecule has 0 radical (unpaired) electrons. The van der Waals surface area contributed by atoms with E-state index in [2.05, 4.69) is 5.32 Å². The van der Waals surface area contributed by atoms with Crippen LogP contribution in [0.3, 0.4) is 0 Å². The van der Waals surface area contributed by atoms with Gasteiger partial charge in [0.25, 0.3) is 11.4 Å². The standard InChI is InChI=1S/C19H22F3N3O5/c1-10(17-5-11-2-12(6-17)8-18(26,7-11)9-17)23-16-14(24(27)28)3-13(19(20,21)22)4-15(16)25(29)30/h3-4,10-12,23,26H,2,5-9H2,1H3/t10-,11+,12+,17?,18?/m0/s1. The summed E-state index contributed by atoms with van der Waals surface area (Å²) in [6.07, 6.45) is -0.495. The second kappa shape index (κ2) is 6.53. The molecule has 0 amide bonds. The Morgan fingerprint density at radius 2 is 1.60 bits per heavy atom. The van der Waals surface area contributed by atoms with Crippen LogP contribution in [0.5, 0.6) is 0 Å². The van der Waals surface area contributed by atoms with Crippen molar-refractivity contribution in [2.75, 3.05) is 5.32 Å². The third-order valence-corrected chi connectivity index (χ3v) is 7.17. The van der Waals surface area contributed by atoms with Crippen molar-refractivity contribution < 1.29 is 28.1 Å². The number of nitrogens with one attached hydrogen (secondary N) is 1. The first-order valence-corrected chi connectivity index (χ1v) is 9.85. The molecular formula is C19H22F3N3O5. The van der Waals surface area contributed by atoms with E-state index in [1.54, 1.807) is 6.92 Å². The highest BCUT2D eigenvalue weighted by Gasteiger charge is 2.59. The largest absolute Gasteiger partial charge is 0.416 e. The molecule has 0 unspecified atom stereocenters. The highest BCUT2D eigenvalue weighted by atomic mass is 19.4. The third-order valence-electron chi connectivity index (χ3n) is 7.17. The molecule has 4 aliphatic rings. The van der Waals surface area contributed by atoms with Crippen molar-refractivity contribution >= 4 is 17.1 Å². The SMILES string of the molecule is C[C@H](Nc1c([N+](=O)[O-])cc(C(F)(F)F)cc1[N+](=O)[O-])C12C[C@H]3C[C@@H](CC(O)(C3)C1)C2. The molecule has 30 heavy (non-hydrogen) atoms. The van der Waals surface area contributed by atoms with Crippen LogP contribution in [0, 0.1) is 37.5 Å². The fraction of sp³-hybridized carbons (Fsp3) is 0.684. The Morgan fingerprint density at radius 1 is 1.10 bits per heavy atom. The van der Waals surface area contributed by atoms with E-state index in [0.717, 1.165) is 19.3 Å². The number of hydrogen-bond donors (Lipinski definition) is 2. The van der Waals surface area contributed by atoms with Crippen LogP contribution in [-0.4, -0.2) is 26.6 Å². The number of hydrogen-bond acceptors (Lipinski definition) is 6. The van der Waals surface area contributed by atoms with Crippen molar-refractivity contribution in [2.45, 2.75) is 63.3 Å². The van der Waals surface area contributed by atoms with Crippen molar-refractivity contribution in [3.63, 3.8) is 0 Å². The van der Waals surface area contributed by atoms with Gasteiger partial charge in [0.1, 0.15) is 0 Å². The Bertz CT molecular complexity index is 870. The van der Waals surface area contributed by atoms with Crippen LogP contribution in [0.4, 0.5) is 30.2 Å². The summed E-state index contributed by atoms with van der Waals surface area (Å²) in [6.45, 7) is 1.74. The molecule has 1 aromatic rings. The summed E-state index contributed by atoms with van der Waals surface area (Å²) in [7, 11) is 0. The maximum atomic E-state index is 13.1. The molecule has 0 spiro atoms. The average molecular weight is 429 g/mol. The summed E-state index contributed by atoms with van der Waals surface area (Å²) in [5.74, 6) is 0.635. The van der Waals surface area contributed by atoms with E-state index in [4.69, 9.17) is 0 Å². The van der Waals surface area contributed by atoms with Gasteiger partial charge >= 0.3 is 6.18 Å². The number of aliphatic hydroxyl groups is 1. The van der Waals surface area contributed by atoms with Gasteiger partial charge in [0.2, 0.25) is 0 Å². The first kappa shape index (κ1) is 20.8. The van der Waals surface area contributed by atoms with Crippen molar-refractivity contribution in [3.05, 3.63) is 37.9 Å². The molecule has 0 heterocycles. The summed E-state index contributed by atoms with van der Waals surface area (Å²) < 4.78 is 39.4. The highest BCUT2D eigenvalue weighted by molar-refractivity contribution is 5.75. The Labute approximate surface area is 169 Å². The lowest BCUT2D eigenvalue weighted by Gasteiger charge is -2.62. The van der Waals surface area contributed by atoms with Crippen molar-refractivity contribution in [1.29, 1.82) is 0 Å². The number of halogens is 3. The second-order valence-corrected chi connectivity index (χ2v) is 9.32. The maximum Gasteiger partial charge on any atom is 0.416 e. The number of nitro benzene ring substituents is 2. The van der Waals surface area contributed by atoms with Gasteiger partial charge in [-0.2, -0.15) is 13.2 Å². The maximum absolute atomic E-state index is 13.1. The lowest BCUT2D eigenvalue weighted by molar-refractivity contribution is -0.392. The predicted octanol–water partition coefficient (Wildman–Crippen LogP) is 4.65. The Morgan fingerprint density at radius 3 is 2.00 bits per heavy atom. The van der Waals surface area contributed by atoms with Crippen LogP contribution >= 0.6 is 0 Å². The van der Waals surface area contributed by atoms with E-state index in [1.165, 1.54) is 0 Å². The lowest BCUT2D eigenvalue weighted by Crippen LogP contribution is -2.60. The van der Waals surface area contributed by atoms with Crippen LogP contribution in [-0.2, 0) is 6.18 Å². The van der Waals surface area contributed by atoms with Gasteiger partial charge in [-0.25, -0.2) is 0 Å². The van der Waals surface area contributed by atoms with Crippen molar-refractivity contribution in [2.24, 2.45) is 17.3 Å². The molecule has 4 fully saturated rings. The van der Waals surface area contributed by atoms with Gasteiger partial charge in [0.15, 0.2) is 5.69 Å². The number of rotatable bonds is 5. The number of anilines is 1. The number of benzene rings is 1. The van der Waals surface area contributed by atoms with Crippen LogP contribution < -0.4 is 5.32 Å². The monoisotopic (exact) mass is 429 g/mol. The van der Waals surface area contributed by atoms with E-state index < -0.39 is 55.7 Å². The molecule has 4 aliphatic carbocycles. The zero-order chi connectivity index (χ0) is 22.1. The smallest absolute Gasteiger partial charge is 0.390 e. The minimum atomic E-state index is -4.96. The van der Waals surface area contributed by atoms with Gasteiger partial charge in [-0.1, -0.05) is 0 Å². The molecule has 0 saturated heterocycles. The third kappa shape index (κ3) is 3.38. The zero-order valence-electron chi connectivity index (χ0n) is 16.2. The van der Waals surface area contributed by atoms with Gasteiger partial charge < -0.3 is 10.4 Å². The predicted molar refractivity (Wildman–Crippen MR) is 99.9 cm³/mol. The molecule has 4 bridgehead atoms.